The van der Waals surface area contributed by atoms with Crippen LogP contribution in [0.15, 0.2) is 199 Å². The van der Waals surface area contributed by atoms with E-state index < -0.39 is 0 Å². The van der Waals surface area contributed by atoms with Crippen LogP contribution in [0.2, 0.25) is 0 Å². The Morgan fingerprint density at radius 1 is 0.350 bits per heavy atom. The lowest BCUT2D eigenvalue weighted by Gasteiger charge is -2.13. The Kier molecular flexibility index (Phi) is 6.95. The van der Waals surface area contributed by atoms with Gasteiger partial charge >= 0.3 is 0 Å². The zero-order valence-corrected chi connectivity index (χ0v) is 32.2. The lowest BCUT2D eigenvalue weighted by Crippen LogP contribution is -2.07. The van der Waals surface area contributed by atoms with Crippen molar-refractivity contribution in [1.82, 2.24) is 19.5 Å². The van der Waals surface area contributed by atoms with Crippen molar-refractivity contribution in [3.8, 4) is 39.9 Å². The molecule has 3 heterocycles. The molecular formula is C55H32N4O. The van der Waals surface area contributed by atoms with Crippen LogP contribution >= 0.6 is 0 Å². The topological polar surface area (TPSA) is 56.7 Å². The third kappa shape index (κ3) is 4.90. The van der Waals surface area contributed by atoms with Crippen LogP contribution in [0.3, 0.4) is 0 Å². The molecule has 0 saturated heterocycles. The highest BCUT2D eigenvalue weighted by Crippen LogP contribution is 2.42. The van der Waals surface area contributed by atoms with Gasteiger partial charge in [0.05, 0.1) is 11.0 Å². The normalized spacial score (nSPS) is 12.0. The minimum Gasteiger partial charge on any atom is -0.455 e. The highest BCUT2D eigenvalue weighted by atomic mass is 16.3. The molecule has 0 aliphatic rings. The quantitative estimate of drug-likeness (QED) is 0.179. The first-order valence-electron chi connectivity index (χ1n) is 20.3. The average molecular weight is 765 g/mol. The molecular weight excluding hydrogens is 733 g/mol. The summed E-state index contributed by atoms with van der Waals surface area (Å²) in [5.74, 6) is 1.72. The van der Waals surface area contributed by atoms with Crippen LogP contribution in [-0.4, -0.2) is 19.5 Å². The summed E-state index contributed by atoms with van der Waals surface area (Å²) in [6.07, 6.45) is 0. The minimum absolute atomic E-state index is 0.552. The number of hydrogen-bond acceptors (Lipinski definition) is 4. The zero-order chi connectivity index (χ0) is 39.3. The van der Waals surface area contributed by atoms with Gasteiger partial charge in [-0.2, -0.15) is 9.97 Å². The van der Waals surface area contributed by atoms with Gasteiger partial charge in [0.2, 0.25) is 5.95 Å². The predicted molar refractivity (Wildman–Crippen MR) is 248 cm³/mol. The van der Waals surface area contributed by atoms with E-state index in [0.29, 0.717) is 17.6 Å². The molecule has 0 bridgehead atoms. The van der Waals surface area contributed by atoms with E-state index in [9.17, 15) is 0 Å². The van der Waals surface area contributed by atoms with E-state index in [1.54, 1.807) is 0 Å². The SMILES string of the molecule is c1ccc2cc(-c3ccc(-c4nc(-c5cccc6oc7c8ccccc8ccc7c56)nc(-n5c6c7ccccc7ccc6c6ccc7ccccc7c65)n4)cc3)ccc2c1. The molecule has 0 spiro atoms. The molecule has 0 aliphatic heterocycles. The van der Waals surface area contributed by atoms with Crippen molar-refractivity contribution in [2.45, 2.75) is 0 Å². The summed E-state index contributed by atoms with van der Waals surface area (Å²) >= 11 is 0. The summed E-state index contributed by atoms with van der Waals surface area (Å²) in [6.45, 7) is 0. The van der Waals surface area contributed by atoms with Crippen LogP contribution in [0, 0.1) is 0 Å². The maximum atomic E-state index is 6.66. The fourth-order valence-corrected chi connectivity index (χ4v) is 9.37. The Morgan fingerprint density at radius 3 is 1.58 bits per heavy atom. The zero-order valence-electron chi connectivity index (χ0n) is 32.2. The molecule has 0 amide bonds. The van der Waals surface area contributed by atoms with Gasteiger partial charge in [0.25, 0.3) is 0 Å². The number of fused-ring (bicyclic) bond motifs is 13. The van der Waals surface area contributed by atoms with E-state index in [2.05, 4.69) is 187 Å². The van der Waals surface area contributed by atoms with Crippen molar-refractivity contribution >= 4 is 86.8 Å². The first-order valence-corrected chi connectivity index (χ1v) is 20.3. The van der Waals surface area contributed by atoms with Gasteiger partial charge in [-0.1, -0.05) is 176 Å². The maximum Gasteiger partial charge on any atom is 0.238 e. The second-order valence-corrected chi connectivity index (χ2v) is 15.6. The van der Waals surface area contributed by atoms with Crippen LogP contribution < -0.4 is 0 Å². The molecule has 5 heteroatoms. The van der Waals surface area contributed by atoms with Crippen LogP contribution in [0.1, 0.15) is 0 Å². The highest BCUT2D eigenvalue weighted by molar-refractivity contribution is 6.24. The summed E-state index contributed by atoms with van der Waals surface area (Å²) in [5, 5.41) is 13.5. The molecule has 0 atom stereocenters. The Bertz CT molecular complexity index is 3800. The van der Waals surface area contributed by atoms with Crippen molar-refractivity contribution in [3.63, 3.8) is 0 Å². The number of nitrogens with zero attached hydrogens (tertiary/aromatic N) is 4. The smallest absolute Gasteiger partial charge is 0.238 e. The van der Waals surface area contributed by atoms with Gasteiger partial charge in [-0.3, -0.25) is 4.57 Å². The molecule has 278 valence electrons. The standard InChI is InChI=1S/C55H32N4O/c1-2-14-39-32-40(25-22-33(39)10-1)34-20-23-38(24-21-34)53-56-54(47-18-9-19-48-49(47)46-31-28-37-13-5-8-17-43(37)52(46)60-48)58-55(57-53)59-50-41-15-6-3-11-35(41)26-29-44(50)45-30-27-36-12-4-7-16-42(36)51(45)59/h1-32H. The second kappa shape index (κ2) is 12.7. The maximum absolute atomic E-state index is 6.66. The average Bonchev–Trinajstić information content (AvgIpc) is 3.88. The van der Waals surface area contributed by atoms with Gasteiger partial charge in [-0.25, -0.2) is 4.98 Å². The molecule has 5 nitrogen and oxygen atoms in total. The monoisotopic (exact) mass is 764 g/mol. The van der Waals surface area contributed by atoms with Crippen LogP contribution in [-0.2, 0) is 0 Å². The third-order valence-corrected chi connectivity index (χ3v) is 12.2. The van der Waals surface area contributed by atoms with E-state index in [4.69, 9.17) is 19.4 Å². The Balaban J connectivity index is 1.11. The molecule has 0 saturated carbocycles. The van der Waals surface area contributed by atoms with Gasteiger partial charge in [0.1, 0.15) is 11.2 Å². The summed E-state index contributed by atoms with van der Waals surface area (Å²) in [7, 11) is 0. The Morgan fingerprint density at radius 2 is 0.883 bits per heavy atom. The molecule has 13 aromatic rings. The van der Waals surface area contributed by atoms with Crippen molar-refractivity contribution in [3.05, 3.63) is 194 Å². The first kappa shape index (κ1) is 32.9. The fraction of sp³-hybridized carbons (Fsp3) is 0. The van der Waals surface area contributed by atoms with Crippen LogP contribution in [0.4, 0.5) is 0 Å². The number of hydrogen-bond donors (Lipinski definition) is 0. The van der Waals surface area contributed by atoms with Crippen molar-refractivity contribution in [2.24, 2.45) is 0 Å². The summed E-state index contributed by atoms with van der Waals surface area (Å²) in [4.78, 5) is 16.2. The molecule has 0 aliphatic carbocycles. The predicted octanol–water partition coefficient (Wildman–Crippen LogP) is 14.5. The molecule has 13 rings (SSSR count). The van der Waals surface area contributed by atoms with E-state index in [1.807, 2.05) is 12.1 Å². The Labute approximate surface area is 343 Å². The molecule has 60 heavy (non-hydrogen) atoms. The van der Waals surface area contributed by atoms with Gasteiger partial charge in [-0.15, -0.1) is 0 Å². The van der Waals surface area contributed by atoms with Crippen molar-refractivity contribution < 1.29 is 4.42 Å². The largest absolute Gasteiger partial charge is 0.455 e. The summed E-state index contributed by atoms with van der Waals surface area (Å²) < 4.78 is 8.93. The molecule has 0 fully saturated rings. The molecule has 3 aromatic heterocycles. The fourth-order valence-electron chi connectivity index (χ4n) is 9.37. The van der Waals surface area contributed by atoms with Gasteiger partial charge in [-0.05, 0) is 56.3 Å². The van der Waals surface area contributed by atoms with Crippen LogP contribution in [0.25, 0.3) is 127 Å². The summed E-state index contributed by atoms with van der Waals surface area (Å²) in [6, 6.07) is 68.6. The lowest BCUT2D eigenvalue weighted by molar-refractivity contribution is 0.672. The minimum atomic E-state index is 0.552. The van der Waals surface area contributed by atoms with Gasteiger partial charge in [0, 0.05) is 48.8 Å². The van der Waals surface area contributed by atoms with E-state index >= 15 is 0 Å². The summed E-state index contributed by atoms with van der Waals surface area (Å²) in [5.41, 5.74) is 7.84. The van der Waals surface area contributed by atoms with Crippen molar-refractivity contribution in [1.29, 1.82) is 0 Å². The van der Waals surface area contributed by atoms with Gasteiger partial charge < -0.3 is 4.42 Å². The molecule has 10 aromatic carbocycles. The van der Waals surface area contributed by atoms with Gasteiger partial charge in [0.15, 0.2) is 11.6 Å². The van der Waals surface area contributed by atoms with Crippen molar-refractivity contribution in [2.75, 3.05) is 0 Å². The van der Waals surface area contributed by atoms with E-state index in [-0.39, 0.29) is 0 Å². The second-order valence-electron chi connectivity index (χ2n) is 15.6. The third-order valence-electron chi connectivity index (χ3n) is 12.2. The number of aromatic nitrogens is 4. The van der Waals surface area contributed by atoms with E-state index in [0.717, 1.165) is 98.3 Å². The molecule has 0 N–H and O–H groups in total. The van der Waals surface area contributed by atoms with E-state index in [1.165, 1.54) is 10.8 Å². The Hall–Kier alpha value is -8.15. The molecule has 0 radical (unpaired) electrons. The number of rotatable bonds is 4. The van der Waals surface area contributed by atoms with Crippen LogP contribution in [0.5, 0.6) is 0 Å². The lowest BCUT2D eigenvalue weighted by atomic mass is 10.00. The first-order chi connectivity index (χ1) is 29.7. The number of benzene rings is 10. The highest BCUT2D eigenvalue weighted by Gasteiger charge is 2.23. The number of furan rings is 1. The molecule has 0 unspecified atom stereocenters.